The first kappa shape index (κ1) is 11.9. The number of hydrogen-bond donors (Lipinski definition) is 4. The van der Waals surface area contributed by atoms with Gasteiger partial charge in [0.25, 0.3) is 0 Å². The van der Waals surface area contributed by atoms with Crippen LogP contribution in [0, 0.1) is 11.8 Å². The monoisotopic (exact) mass is 238 g/mol. The van der Waals surface area contributed by atoms with Crippen LogP contribution in [-0.4, -0.2) is 51.4 Å². The molecule has 4 nitrogen and oxygen atoms in total. The standard InChI is InChI=1S/C7H14N2.C6H12N2/c1-4-9-7-2-3-8-5-6(1)7;1-2-8-6-4-7-3-5(1)6/h6-9H,1-5H2;5-8H,1-4H2. The molecule has 0 aromatic carbocycles. The summed E-state index contributed by atoms with van der Waals surface area (Å²) in [6.07, 6.45) is 4.11. The number of rotatable bonds is 0. The van der Waals surface area contributed by atoms with Crippen molar-refractivity contribution in [2.45, 2.75) is 31.3 Å². The lowest BCUT2D eigenvalue weighted by molar-refractivity contribution is 0.344. The van der Waals surface area contributed by atoms with E-state index < -0.39 is 0 Å². The quantitative estimate of drug-likeness (QED) is 0.461. The Morgan fingerprint density at radius 2 is 1.29 bits per heavy atom. The van der Waals surface area contributed by atoms with Gasteiger partial charge < -0.3 is 21.3 Å². The van der Waals surface area contributed by atoms with Crippen molar-refractivity contribution >= 4 is 0 Å². The molecule has 0 amide bonds. The first-order valence-corrected chi connectivity index (χ1v) is 7.31. The van der Waals surface area contributed by atoms with Crippen LogP contribution in [0.15, 0.2) is 0 Å². The predicted octanol–water partition coefficient (Wildman–Crippen LogP) is -0.474. The molecule has 98 valence electrons. The molecule has 4 unspecified atom stereocenters. The molecule has 4 aliphatic heterocycles. The SMILES string of the molecule is C1CC2CNCC2N1.C1CC2NCCC2CN1. The third-order valence-electron chi connectivity index (χ3n) is 4.79. The van der Waals surface area contributed by atoms with Crippen LogP contribution < -0.4 is 21.3 Å². The van der Waals surface area contributed by atoms with Gasteiger partial charge in [0.1, 0.15) is 0 Å². The van der Waals surface area contributed by atoms with E-state index in [-0.39, 0.29) is 0 Å². The Kier molecular flexibility index (Phi) is 3.96. The molecule has 4 N–H and O–H groups in total. The highest BCUT2D eigenvalue weighted by Crippen LogP contribution is 2.19. The zero-order chi connectivity index (χ0) is 11.5. The molecule has 17 heavy (non-hydrogen) atoms. The van der Waals surface area contributed by atoms with Gasteiger partial charge in [0, 0.05) is 18.6 Å². The second kappa shape index (κ2) is 5.65. The first-order valence-electron chi connectivity index (χ1n) is 7.31. The van der Waals surface area contributed by atoms with E-state index in [1.54, 1.807) is 0 Å². The van der Waals surface area contributed by atoms with Crippen LogP contribution in [0.25, 0.3) is 0 Å². The zero-order valence-corrected chi connectivity index (χ0v) is 10.7. The molecule has 0 aliphatic carbocycles. The summed E-state index contributed by atoms with van der Waals surface area (Å²) in [7, 11) is 0. The van der Waals surface area contributed by atoms with Crippen molar-refractivity contribution in [1.29, 1.82) is 0 Å². The molecule has 4 rings (SSSR count). The Bertz CT molecular complexity index is 214. The second-order valence-electron chi connectivity index (χ2n) is 5.87. The van der Waals surface area contributed by atoms with Crippen molar-refractivity contribution in [3.63, 3.8) is 0 Å². The highest BCUT2D eigenvalue weighted by Gasteiger charge is 2.30. The lowest BCUT2D eigenvalue weighted by atomic mass is 9.95. The average molecular weight is 238 g/mol. The molecule has 0 spiro atoms. The van der Waals surface area contributed by atoms with Gasteiger partial charge in [0.2, 0.25) is 0 Å². The molecule has 0 saturated carbocycles. The summed E-state index contributed by atoms with van der Waals surface area (Å²) in [5.74, 6) is 1.90. The van der Waals surface area contributed by atoms with Gasteiger partial charge in [-0.3, -0.25) is 0 Å². The third kappa shape index (κ3) is 2.81. The van der Waals surface area contributed by atoms with Gasteiger partial charge in [-0.25, -0.2) is 0 Å². The number of nitrogens with one attached hydrogen (secondary N) is 4. The maximum absolute atomic E-state index is 3.52. The predicted molar refractivity (Wildman–Crippen MR) is 70.2 cm³/mol. The molecular formula is C13H26N4. The van der Waals surface area contributed by atoms with Crippen molar-refractivity contribution in [2.75, 3.05) is 39.3 Å². The molecule has 4 aliphatic rings. The Morgan fingerprint density at radius 3 is 2.06 bits per heavy atom. The molecule has 0 bridgehead atoms. The Labute approximate surface area is 104 Å². The molecule has 4 atom stereocenters. The zero-order valence-electron chi connectivity index (χ0n) is 10.7. The minimum absolute atomic E-state index is 0.815. The van der Waals surface area contributed by atoms with Crippen LogP contribution in [0.1, 0.15) is 19.3 Å². The maximum atomic E-state index is 3.52. The number of fused-ring (bicyclic) bond motifs is 2. The fourth-order valence-corrected chi connectivity index (χ4v) is 3.68. The number of hydrogen-bond acceptors (Lipinski definition) is 4. The molecular weight excluding hydrogens is 212 g/mol. The van der Waals surface area contributed by atoms with E-state index >= 15 is 0 Å². The summed E-state index contributed by atoms with van der Waals surface area (Å²) < 4.78 is 0. The fourth-order valence-electron chi connectivity index (χ4n) is 3.68. The minimum atomic E-state index is 0.815. The van der Waals surface area contributed by atoms with Gasteiger partial charge in [-0.1, -0.05) is 0 Å². The molecule has 0 aromatic rings. The molecule has 0 radical (unpaired) electrons. The topological polar surface area (TPSA) is 48.1 Å². The molecule has 4 heteroatoms. The van der Waals surface area contributed by atoms with E-state index in [9.17, 15) is 0 Å². The lowest BCUT2D eigenvalue weighted by Crippen LogP contribution is -2.41. The summed E-state index contributed by atoms with van der Waals surface area (Å²) in [5, 5.41) is 13.8. The first-order chi connectivity index (χ1) is 8.43. The van der Waals surface area contributed by atoms with Crippen molar-refractivity contribution in [2.24, 2.45) is 11.8 Å². The highest BCUT2D eigenvalue weighted by atomic mass is 15.1. The third-order valence-corrected chi connectivity index (χ3v) is 4.79. The summed E-state index contributed by atoms with van der Waals surface area (Å²) >= 11 is 0. The van der Waals surface area contributed by atoms with Gasteiger partial charge in [0.05, 0.1) is 0 Å². The Morgan fingerprint density at radius 1 is 0.588 bits per heavy atom. The average Bonchev–Trinajstić information content (AvgIpc) is 3.06. The minimum Gasteiger partial charge on any atom is -0.316 e. The van der Waals surface area contributed by atoms with Gasteiger partial charge in [-0.2, -0.15) is 0 Å². The van der Waals surface area contributed by atoms with Gasteiger partial charge in [-0.05, 0) is 63.8 Å². The Balaban J connectivity index is 0.000000107. The smallest absolute Gasteiger partial charge is 0.0233 e. The lowest BCUT2D eigenvalue weighted by Gasteiger charge is -2.25. The van der Waals surface area contributed by atoms with Crippen LogP contribution in [0.5, 0.6) is 0 Å². The summed E-state index contributed by atoms with van der Waals surface area (Å²) in [6.45, 7) is 7.40. The number of piperidine rings is 1. The normalized spacial score (nSPS) is 43.8. The second-order valence-corrected chi connectivity index (χ2v) is 5.87. The van der Waals surface area contributed by atoms with Crippen LogP contribution in [-0.2, 0) is 0 Å². The van der Waals surface area contributed by atoms with Crippen molar-refractivity contribution in [3.8, 4) is 0 Å². The van der Waals surface area contributed by atoms with E-state index in [0.717, 1.165) is 23.9 Å². The van der Waals surface area contributed by atoms with Crippen molar-refractivity contribution in [3.05, 3.63) is 0 Å². The van der Waals surface area contributed by atoms with E-state index in [0.29, 0.717) is 0 Å². The molecule has 4 saturated heterocycles. The largest absolute Gasteiger partial charge is 0.316 e. The van der Waals surface area contributed by atoms with Crippen LogP contribution in [0.4, 0.5) is 0 Å². The highest BCUT2D eigenvalue weighted by molar-refractivity contribution is 4.91. The fraction of sp³-hybridized carbons (Fsp3) is 1.00. The van der Waals surface area contributed by atoms with Crippen LogP contribution in [0.2, 0.25) is 0 Å². The Hall–Kier alpha value is -0.160. The van der Waals surface area contributed by atoms with E-state index in [4.69, 9.17) is 0 Å². The summed E-state index contributed by atoms with van der Waals surface area (Å²) in [5.41, 5.74) is 0. The van der Waals surface area contributed by atoms with Crippen LogP contribution >= 0.6 is 0 Å². The van der Waals surface area contributed by atoms with Crippen LogP contribution in [0.3, 0.4) is 0 Å². The molecule has 4 fully saturated rings. The van der Waals surface area contributed by atoms with Gasteiger partial charge >= 0.3 is 0 Å². The molecule has 4 heterocycles. The van der Waals surface area contributed by atoms with E-state index in [1.165, 1.54) is 58.5 Å². The molecule has 0 aromatic heterocycles. The maximum Gasteiger partial charge on any atom is 0.0233 e. The van der Waals surface area contributed by atoms with E-state index in [2.05, 4.69) is 21.3 Å². The van der Waals surface area contributed by atoms with Crippen molar-refractivity contribution < 1.29 is 0 Å². The van der Waals surface area contributed by atoms with E-state index in [1.807, 2.05) is 0 Å². The summed E-state index contributed by atoms with van der Waals surface area (Å²) in [6, 6.07) is 1.67. The van der Waals surface area contributed by atoms with Gasteiger partial charge in [-0.15, -0.1) is 0 Å². The summed E-state index contributed by atoms with van der Waals surface area (Å²) in [4.78, 5) is 0. The van der Waals surface area contributed by atoms with Gasteiger partial charge in [0.15, 0.2) is 0 Å². The van der Waals surface area contributed by atoms with Crippen molar-refractivity contribution in [1.82, 2.24) is 21.3 Å².